The Morgan fingerprint density at radius 3 is 2.45 bits per heavy atom. The van der Waals surface area contributed by atoms with Crippen molar-refractivity contribution in [2.24, 2.45) is 0 Å². The molecule has 0 radical (unpaired) electrons. The van der Waals surface area contributed by atoms with E-state index in [1.54, 1.807) is 43.9 Å². The van der Waals surface area contributed by atoms with Crippen LogP contribution < -0.4 is 21.3 Å². The number of thiophene rings is 1. The van der Waals surface area contributed by atoms with Crippen molar-refractivity contribution >= 4 is 27.5 Å². The molecule has 1 atom stereocenters. The maximum absolute atomic E-state index is 14.0. The van der Waals surface area contributed by atoms with E-state index in [4.69, 9.17) is 14.9 Å². The molecule has 0 bridgehead atoms. The molecule has 3 aromatic heterocycles. The number of benzene rings is 1. The second-order valence-electron chi connectivity index (χ2n) is 10.7. The van der Waals surface area contributed by atoms with Crippen LogP contribution >= 0.6 is 11.3 Å². The van der Waals surface area contributed by atoms with Crippen LogP contribution in [0.5, 0.6) is 5.75 Å². The molecule has 1 amide bonds. The van der Waals surface area contributed by atoms with Gasteiger partial charge in [0.25, 0.3) is 5.56 Å². The van der Waals surface area contributed by atoms with Gasteiger partial charge < -0.3 is 20.3 Å². The molecule has 13 heteroatoms. The van der Waals surface area contributed by atoms with E-state index in [0.29, 0.717) is 32.1 Å². The number of nitrogens with one attached hydrogen (secondary N) is 1. The van der Waals surface area contributed by atoms with Gasteiger partial charge in [0.05, 0.1) is 25.2 Å². The lowest BCUT2D eigenvalue weighted by atomic mass is 10.0. The number of carbonyl (C=O) groups excluding carboxylic acids is 1. The first-order chi connectivity index (χ1) is 19.7. The second-order valence-corrected chi connectivity index (χ2v) is 11.6. The fraction of sp³-hybridized carbons (Fsp3) is 0.448. The van der Waals surface area contributed by atoms with Crippen LogP contribution in [0.3, 0.4) is 0 Å². The third kappa shape index (κ3) is 6.80. The summed E-state index contributed by atoms with van der Waals surface area (Å²) < 4.78 is 23.5. The van der Waals surface area contributed by atoms with Crippen molar-refractivity contribution < 1.29 is 24.1 Å². The Morgan fingerprint density at radius 1 is 1.24 bits per heavy atom. The molecule has 0 aliphatic heterocycles. The maximum atomic E-state index is 14.0. The predicted molar refractivity (Wildman–Crippen MR) is 160 cm³/mol. The van der Waals surface area contributed by atoms with Crippen molar-refractivity contribution in [3.63, 3.8) is 0 Å². The highest BCUT2D eigenvalue weighted by molar-refractivity contribution is 7.21. The van der Waals surface area contributed by atoms with E-state index in [-0.39, 0.29) is 25.6 Å². The average Bonchev–Trinajstić information content (AvgIpc) is 3.56. The number of aromatic nitrogens is 4. The number of halogens is 1. The van der Waals surface area contributed by atoms with Crippen molar-refractivity contribution in [1.82, 2.24) is 24.2 Å². The van der Waals surface area contributed by atoms with Crippen molar-refractivity contribution in [3.8, 4) is 10.8 Å². The molecule has 3 heterocycles. The minimum Gasteiger partial charge on any atom is -0.496 e. The van der Waals surface area contributed by atoms with Crippen molar-refractivity contribution in [2.75, 3.05) is 13.7 Å². The number of rotatable bonds is 9. The molecule has 4 rings (SSSR count). The maximum Gasteiger partial charge on any atom is 0.333 e. The molecule has 0 aliphatic carbocycles. The second kappa shape index (κ2) is 13.4. The fourth-order valence-electron chi connectivity index (χ4n) is 4.35. The van der Waals surface area contributed by atoms with Crippen molar-refractivity contribution in [3.05, 3.63) is 74.4 Å². The van der Waals surface area contributed by atoms with Crippen LogP contribution in [0.4, 0.5) is 4.39 Å². The lowest BCUT2D eigenvalue weighted by Crippen LogP contribution is -2.56. The van der Waals surface area contributed by atoms with Crippen LogP contribution in [-0.2, 0) is 23.3 Å². The molecule has 0 saturated heterocycles. The molecule has 11 nitrogen and oxygen atoms in total. The SMILES string of the molecule is CC(O)CO.COc1ccc(F)cc1CCn1c(=O)n(C(C)(C)C(=O)NC(C)C)c(=O)c2c(C)c(-n3cccn3)sc21. The number of nitrogens with zero attached hydrogens (tertiary/aromatic N) is 4. The molecule has 0 aliphatic rings. The van der Waals surface area contributed by atoms with E-state index in [0.717, 1.165) is 4.57 Å². The molecule has 3 N–H and O–H groups in total. The van der Waals surface area contributed by atoms with E-state index in [1.807, 2.05) is 13.8 Å². The highest BCUT2D eigenvalue weighted by atomic mass is 32.1. The number of hydrogen-bond acceptors (Lipinski definition) is 8. The Balaban J connectivity index is 0.000000892. The van der Waals surface area contributed by atoms with Crippen LogP contribution in [0, 0.1) is 12.7 Å². The third-order valence-corrected chi connectivity index (χ3v) is 7.85. The highest BCUT2D eigenvalue weighted by Crippen LogP contribution is 2.31. The summed E-state index contributed by atoms with van der Waals surface area (Å²) in [6, 6.07) is 5.80. The lowest BCUT2D eigenvalue weighted by Gasteiger charge is -2.27. The fourth-order valence-corrected chi connectivity index (χ4v) is 5.61. The van der Waals surface area contributed by atoms with E-state index in [2.05, 4.69) is 10.4 Å². The van der Waals surface area contributed by atoms with Gasteiger partial charge in [-0.1, -0.05) is 11.3 Å². The summed E-state index contributed by atoms with van der Waals surface area (Å²) in [5.41, 5.74) is -1.40. The van der Waals surface area contributed by atoms with Gasteiger partial charge >= 0.3 is 5.69 Å². The Kier molecular flexibility index (Phi) is 10.5. The number of amides is 1. The number of methoxy groups -OCH3 is 1. The Bertz CT molecular complexity index is 1650. The van der Waals surface area contributed by atoms with E-state index in [1.165, 1.54) is 48.1 Å². The molecule has 4 aromatic rings. The summed E-state index contributed by atoms with van der Waals surface area (Å²) >= 11 is 1.27. The van der Waals surface area contributed by atoms with E-state index >= 15 is 0 Å². The van der Waals surface area contributed by atoms with Crippen molar-refractivity contribution in [2.45, 2.75) is 72.2 Å². The van der Waals surface area contributed by atoms with Crippen LogP contribution in [0.2, 0.25) is 0 Å². The zero-order valence-corrected chi connectivity index (χ0v) is 25.7. The van der Waals surface area contributed by atoms with Gasteiger partial charge in [-0.25, -0.2) is 18.4 Å². The van der Waals surface area contributed by atoms with Gasteiger partial charge in [-0.3, -0.25) is 14.2 Å². The third-order valence-electron chi connectivity index (χ3n) is 6.55. The lowest BCUT2D eigenvalue weighted by molar-refractivity contribution is -0.129. The normalized spacial score (nSPS) is 12.3. The summed E-state index contributed by atoms with van der Waals surface area (Å²) in [4.78, 5) is 41.3. The monoisotopic (exact) mass is 603 g/mol. The van der Waals surface area contributed by atoms with E-state index in [9.17, 15) is 18.8 Å². The van der Waals surface area contributed by atoms with E-state index < -0.39 is 34.6 Å². The van der Waals surface area contributed by atoms with Gasteiger partial charge in [0, 0.05) is 30.5 Å². The zero-order valence-electron chi connectivity index (χ0n) is 24.8. The number of aliphatic hydroxyl groups is 2. The van der Waals surface area contributed by atoms with Crippen LogP contribution in [0.1, 0.15) is 45.7 Å². The van der Waals surface area contributed by atoms with Crippen LogP contribution in [0.15, 0.2) is 46.2 Å². The van der Waals surface area contributed by atoms with Gasteiger partial charge in [0.1, 0.15) is 26.9 Å². The molecule has 42 heavy (non-hydrogen) atoms. The van der Waals surface area contributed by atoms with Gasteiger partial charge in [-0.2, -0.15) is 5.10 Å². The Hall–Kier alpha value is -3.81. The molecule has 0 fully saturated rings. The molecule has 0 spiro atoms. The topological polar surface area (TPSA) is 141 Å². The first-order valence-electron chi connectivity index (χ1n) is 13.5. The van der Waals surface area contributed by atoms with Crippen molar-refractivity contribution in [1.29, 1.82) is 0 Å². The quantitative estimate of drug-likeness (QED) is 0.267. The molecule has 1 aromatic carbocycles. The number of fused-ring (bicyclic) bond motifs is 1. The van der Waals surface area contributed by atoms with Gasteiger partial charge in [-0.05, 0) is 77.8 Å². The first kappa shape index (κ1) is 32.7. The molecular weight excluding hydrogens is 565 g/mol. The van der Waals surface area contributed by atoms with Crippen LogP contribution in [-0.4, -0.2) is 60.9 Å². The molecular formula is C29H38FN5O6S. The van der Waals surface area contributed by atoms with Gasteiger partial charge in [0.2, 0.25) is 5.91 Å². The Morgan fingerprint density at radius 2 is 1.90 bits per heavy atom. The zero-order chi connectivity index (χ0) is 31.4. The average molecular weight is 604 g/mol. The first-order valence-corrected chi connectivity index (χ1v) is 14.3. The summed E-state index contributed by atoms with van der Waals surface area (Å²) in [6.45, 7) is 10.0. The summed E-state index contributed by atoms with van der Waals surface area (Å²) in [7, 11) is 1.50. The standard InChI is InChI=1S/C26H30FN5O4S.C3H8O2/c1-15(2)29-24(34)26(4,5)32-21(33)20-16(3)22(31-12-7-11-28-31)37-23(20)30(25(32)35)13-10-17-14-18(27)8-9-19(17)36-6;1-3(5)2-4/h7-9,11-12,14-15H,10,13H2,1-6H3,(H,29,34);3-5H,2H2,1H3. The Labute approximate surface area is 246 Å². The van der Waals surface area contributed by atoms with Crippen LogP contribution in [0.25, 0.3) is 15.2 Å². The highest BCUT2D eigenvalue weighted by Gasteiger charge is 2.35. The number of aliphatic hydroxyl groups excluding tert-OH is 2. The largest absolute Gasteiger partial charge is 0.496 e. The van der Waals surface area contributed by atoms with Gasteiger partial charge in [-0.15, -0.1) is 0 Å². The number of hydrogen-bond donors (Lipinski definition) is 3. The molecule has 0 saturated carbocycles. The summed E-state index contributed by atoms with van der Waals surface area (Å²) in [5.74, 6) is -0.368. The minimum atomic E-state index is -1.47. The summed E-state index contributed by atoms with van der Waals surface area (Å²) in [5, 5.41) is 24.1. The smallest absolute Gasteiger partial charge is 0.333 e. The molecule has 228 valence electrons. The number of ether oxygens (including phenoxy) is 1. The summed E-state index contributed by atoms with van der Waals surface area (Å²) in [6.07, 6.45) is 3.09. The minimum absolute atomic E-state index is 0.135. The predicted octanol–water partition coefficient (Wildman–Crippen LogP) is 2.73. The van der Waals surface area contributed by atoms with Gasteiger partial charge in [0.15, 0.2) is 0 Å². The molecule has 1 unspecified atom stereocenters. The number of aryl methyl sites for hydroxylation is 3. The number of carbonyl (C=O) groups is 1.